The molecule has 0 bridgehead atoms. The van der Waals surface area contributed by atoms with Crippen LogP contribution >= 0.6 is 0 Å². The molecule has 0 aromatic carbocycles. The number of aryl methyl sites for hydroxylation is 1. The second kappa shape index (κ2) is 9.15. The first-order valence-electron chi connectivity index (χ1n) is 10.4. The summed E-state index contributed by atoms with van der Waals surface area (Å²) < 4.78 is 0. The first-order chi connectivity index (χ1) is 13.8. The van der Waals surface area contributed by atoms with Crippen LogP contribution in [0.3, 0.4) is 0 Å². The SMILES string of the molecule is O=C(NCCCc1ccccn1)c1ccc(N2CCN(CC3CC3)CC2)nc1. The molecular formula is C22H29N5O. The molecule has 0 atom stereocenters. The van der Waals surface area contributed by atoms with Gasteiger partial charge in [0.2, 0.25) is 0 Å². The number of anilines is 1. The third-order valence-electron chi connectivity index (χ3n) is 5.54. The van der Waals surface area contributed by atoms with Crippen molar-refractivity contribution in [3.8, 4) is 0 Å². The minimum Gasteiger partial charge on any atom is -0.354 e. The van der Waals surface area contributed by atoms with Crippen LogP contribution in [0.4, 0.5) is 5.82 Å². The Balaban J connectivity index is 1.20. The Bertz CT molecular complexity index is 752. The van der Waals surface area contributed by atoms with Crippen LogP contribution in [-0.4, -0.2) is 60.0 Å². The Hall–Kier alpha value is -2.47. The lowest BCUT2D eigenvalue weighted by atomic mass is 10.2. The summed E-state index contributed by atoms with van der Waals surface area (Å²) in [4.78, 5) is 26.0. The number of aromatic nitrogens is 2. The zero-order chi connectivity index (χ0) is 19.2. The smallest absolute Gasteiger partial charge is 0.252 e. The molecule has 2 fully saturated rings. The number of pyridine rings is 2. The van der Waals surface area contributed by atoms with Gasteiger partial charge in [-0.25, -0.2) is 4.98 Å². The first kappa shape index (κ1) is 18.9. The van der Waals surface area contributed by atoms with Gasteiger partial charge in [0.15, 0.2) is 0 Å². The van der Waals surface area contributed by atoms with Crippen LogP contribution in [0, 0.1) is 5.92 Å². The second-order valence-corrected chi connectivity index (χ2v) is 7.82. The van der Waals surface area contributed by atoms with Crippen molar-refractivity contribution < 1.29 is 4.79 Å². The Morgan fingerprint density at radius 2 is 1.93 bits per heavy atom. The number of nitrogens with one attached hydrogen (secondary N) is 1. The van der Waals surface area contributed by atoms with E-state index in [1.807, 2.05) is 30.3 Å². The maximum absolute atomic E-state index is 12.3. The molecule has 1 aliphatic carbocycles. The summed E-state index contributed by atoms with van der Waals surface area (Å²) in [5.74, 6) is 1.86. The van der Waals surface area contributed by atoms with Crippen molar-refractivity contribution in [2.45, 2.75) is 25.7 Å². The van der Waals surface area contributed by atoms with Gasteiger partial charge < -0.3 is 10.2 Å². The summed E-state index contributed by atoms with van der Waals surface area (Å²) in [5.41, 5.74) is 1.67. The highest BCUT2D eigenvalue weighted by molar-refractivity contribution is 5.94. The zero-order valence-corrected chi connectivity index (χ0v) is 16.4. The standard InChI is InChI=1S/C22H29N5O/c28-22(24-11-3-5-20-4-1-2-10-23-20)19-8-9-21(25-16-19)27-14-12-26(13-15-27)17-18-6-7-18/h1-2,4,8-10,16,18H,3,5-7,11-15,17H2,(H,24,28). The molecule has 0 unspecified atom stereocenters. The number of rotatable bonds is 8. The molecule has 6 heteroatoms. The number of carbonyl (C=O) groups excluding carboxylic acids is 1. The summed E-state index contributed by atoms with van der Waals surface area (Å²) in [6.07, 6.45) is 8.06. The molecule has 2 aliphatic rings. The average Bonchev–Trinajstić information content (AvgIpc) is 3.57. The van der Waals surface area contributed by atoms with E-state index in [9.17, 15) is 4.79 Å². The Morgan fingerprint density at radius 1 is 1.07 bits per heavy atom. The molecule has 1 saturated heterocycles. The van der Waals surface area contributed by atoms with E-state index in [2.05, 4.69) is 25.1 Å². The van der Waals surface area contributed by atoms with Crippen molar-refractivity contribution in [3.05, 3.63) is 54.0 Å². The van der Waals surface area contributed by atoms with Crippen molar-refractivity contribution in [3.63, 3.8) is 0 Å². The van der Waals surface area contributed by atoms with Gasteiger partial charge in [0.25, 0.3) is 5.91 Å². The third kappa shape index (κ3) is 5.29. The van der Waals surface area contributed by atoms with E-state index in [4.69, 9.17) is 0 Å². The lowest BCUT2D eigenvalue weighted by Crippen LogP contribution is -2.47. The normalized spacial score (nSPS) is 17.5. The molecular weight excluding hydrogens is 350 g/mol. The molecule has 2 aromatic rings. The van der Waals surface area contributed by atoms with E-state index < -0.39 is 0 Å². The topological polar surface area (TPSA) is 61.4 Å². The molecule has 28 heavy (non-hydrogen) atoms. The number of carbonyl (C=O) groups is 1. The van der Waals surface area contributed by atoms with Crippen LogP contribution < -0.4 is 10.2 Å². The van der Waals surface area contributed by atoms with Gasteiger partial charge in [0.1, 0.15) is 5.82 Å². The fourth-order valence-electron chi connectivity index (χ4n) is 3.65. The van der Waals surface area contributed by atoms with Crippen LogP contribution in [0.2, 0.25) is 0 Å². The highest BCUT2D eigenvalue weighted by atomic mass is 16.1. The molecule has 0 spiro atoms. The van der Waals surface area contributed by atoms with E-state index >= 15 is 0 Å². The van der Waals surface area contributed by atoms with E-state index in [1.54, 1.807) is 12.4 Å². The van der Waals surface area contributed by atoms with Gasteiger partial charge in [0.05, 0.1) is 5.56 Å². The molecule has 1 amide bonds. The number of hydrogen-bond acceptors (Lipinski definition) is 5. The number of hydrogen-bond donors (Lipinski definition) is 1. The van der Waals surface area contributed by atoms with Gasteiger partial charge in [0, 0.05) is 57.4 Å². The molecule has 4 rings (SSSR count). The van der Waals surface area contributed by atoms with Crippen molar-refractivity contribution in [1.82, 2.24) is 20.2 Å². The zero-order valence-electron chi connectivity index (χ0n) is 16.4. The monoisotopic (exact) mass is 379 g/mol. The fourth-order valence-corrected chi connectivity index (χ4v) is 3.65. The molecule has 3 heterocycles. The lowest BCUT2D eigenvalue weighted by Gasteiger charge is -2.35. The summed E-state index contributed by atoms with van der Waals surface area (Å²) in [6.45, 7) is 6.14. The maximum atomic E-state index is 12.3. The quantitative estimate of drug-likeness (QED) is 0.714. The van der Waals surface area contributed by atoms with E-state index in [-0.39, 0.29) is 5.91 Å². The Morgan fingerprint density at radius 3 is 2.61 bits per heavy atom. The number of amides is 1. The summed E-state index contributed by atoms with van der Waals surface area (Å²) in [5, 5.41) is 2.97. The summed E-state index contributed by atoms with van der Waals surface area (Å²) >= 11 is 0. The minimum absolute atomic E-state index is 0.0608. The lowest BCUT2D eigenvalue weighted by molar-refractivity contribution is 0.0953. The van der Waals surface area contributed by atoms with Gasteiger partial charge >= 0.3 is 0 Å². The summed E-state index contributed by atoms with van der Waals surface area (Å²) in [7, 11) is 0. The Labute approximate surface area is 167 Å². The van der Waals surface area contributed by atoms with Gasteiger partial charge in [-0.1, -0.05) is 6.07 Å². The summed E-state index contributed by atoms with van der Waals surface area (Å²) in [6, 6.07) is 9.76. The largest absolute Gasteiger partial charge is 0.354 e. The number of piperazine rings is 1. The van der Waals surface area contributed by atoms with Crippen LogP contribution in [0.5, 0.6) is 0 Å². The van der Waals surface area contributed by atoms with Gasteiger partial charge in [-0.3, -0.25) is 14.7 Å². The molecule has 1 N–H and O–H groups in total. The van der Waals surface area contributed by atoms with Crippen molar-refractivity contribution in [2.75, 3.05) is 44.2 Å². The van der Waals surface area contributed by atoms with Gasteiger partial charge in [-0.2, -0.15) is 0 Å². The van der Waals surface area contributed by atoms with Gasteiger partial charge in [-0.15, -0.1) is 0 Å². The van der Waals surface area contributed by atoms with Gasteiger partial charge in [-0.05, 0) is 55.9 Å². The molecule has 148 valence electrons. The minimum atomic E-state index is -0.0608. The average molecular weight is 380 g/mol. The highest BCUT2D eigenvalue weighted by Gasteiger charge is 2.26. The first-order valence-corrected chi connectivity index (χ1v) is 10.4. The van der Waals surface area contributed by atoms with Crippen molar-refractivity contribution >= 4 is 11.7 Å². The highest BCUT2D eigenvalue weighted by Crippen LogP contribution is 2.30. The van der Waals surface area contributed by atoms with Crippen LogP contribution in [0.15, 0.2) is 42.7 Å². The second-order valence-electron chi connectivity index (χ2n) is 7.82. The van der Waals surface area contributed by atoms with Crippen LogP contribution in [-0.2, 0) is 6.42 Å². The van der Waals surface area contributed by atoms with Crippen molar-refractivity contribution in [1.29, 1.82) is 0 Å². The van der Waals surface area contributed by atoms with Crippen molar-refractivity contribution in [2.24, 2.45) is 5.92 Å². The maximum Gasteiger partial charge on any atom is 0.252 e. The predicted molar refractivity (Wildman–Crippen MR) is 111 cm³/mol. The molecule has 0 radical (unpaired) electrons. The predicted octanol–water partition coefficient (Wildman–Crippen LogP) is 2.37. The van der Waals surface area contributed by atoms with E-state index in [0.29, 0.717) is 12.1 Å². The molecule has 1 aliphatic heterocycles. The number of nitrogens with zero attached hydrogens (tertiary/aromatic N) is 4. The van der Waals surface area contributed by atoms with E-state index in [1.165, 1.54) is 19.4 Å². The fraction of sp³-hybridized carbons (Fsp3) is 0.500. The van der Waals surface area contributed by atoms with Crippen LogP contribution in [0.25, 0.3) is 0 Å². The third-order valence-corrected chi connectivity index (χ3v) is 5.54. The Kier molecular flexibility index (Phi) is 6.17. The molecule has 1 saturated carbocycles. The van der Waals surface area contributed by atoms with Crippen LogP contribution in [0.1, 0.15) is 35.3 Å². The molecule has 6 nitrogen and oxygen atoms in total. The van der Waals surface area contributed by atoms with E-state index in [0.717, 1.165) is 56.5 Å². The molecule has 2 aromatic heterocycles.